The predicted octanol–water partition coefficient (Wildman–Crippen LogP) is 4.50. The third-order valence-corrected chi connectivity index (χ3v) is 7.56. The van der Waals surface area contributed by atoms with E-state index in [2.05, 4.69) is 38.8 Å². The van der Waals surface area contributed by atoms with Gasteiger partial charge in [0.1, 0.15) is 5.75 Å². The molecule has 5 rings (SSSR count). The monoisotopic (exact) mass is 519 g/mol. The Balaban J connectivity index is 1.23. The van der Waals surface area contributed by atoms with Crippen LogP contribution in [0.4, 0.5) is 5.69 Å². The lowest BCUT2D eigenvalue weighted by Crippen LogP contribution is -2.46. The highest BCUT2D eigenvalue weighted by Gasteiger charge is 2.26. The minimum absolute atomic E-state index is 0.103. The quantitative estimate of drug-likeness (QED) is 0.430. The second-order valence-corrected chi connectivity index (χ2v) is 10.0. The molecular formula is C29H34ClN5O2. The van der Waals surface area contributed by atoms with Crippen molar-refractivity contribution >= 4 is 23.2 Å². The highest BCUT2D eigenvalue weighted by atomic mass is 35.5. The van der Waals surface area contributed by atoms with Crippen LogP contribution in [-0.2, 0) is 24.3 Å². The number of amides is 1. The van der Waals surface area contributed by atoms with Crippen LogP contribution in [0.25, 0.3) is 11.3 Å². The third kappa shape index (κ3) is 5.68. The Morgan fingerprint density at radius 3 is 2.46 bits per heavy atom. The average Bonchev–Trinajstić information content (AvgIpc) is 3.29. The number of nitrogens with zero attached hydrogens (tertiary/aromatic N) is 5. The number of rotatable bonds is 7. The first-order valence-corrected chi connectivity index (χ1v) is 13.3. The molecule has 1 amide bonds. The molecule has 1 fully saturated rings. The number of carbonyl (C=O) groups excluding carboxylic acids is 1. The number of hydrogen-bond donors (Lipinski definition) is 0. The highest BCUT2D eigenvalue weighted by molar-refractivity contribution is 6.30. The third-order valence-electron chi connectivity index (χ3n) is 7.30. The first-order chi connectivity index (χ1) is 18.0. The lowest BCUT2D eigenvalue weighted by Gasteiger charge is -2.36. The summed E-state index contributed by atoms with van der Waals surface area (Å²) >= 11 is 6.11. The second kappa shape index (κ2) is 11.4. The number of anilines is 1. The van der Waals surface area contributed by atoms with Crippen LogP contribution >= 0.6 is 11.6 Å². The molecule has 194 valence electrons. The molecule has 0 radical (unpaired) electrons. The van der Waals surface area contributed by atoms with E-state index >= 15 is 0 Å². The van der Waals surface area contributed by atoms with Gasteiger partial charge >= 0.3 is 0 Å². The van der Waals surface area contributed by atoms with E-state index in [1.54, 1.807) is 14.0 Å². The summed E-state index contributed by atoms with van der Waals surface area (Å²) < 4.78 is 7.64. The van der Waals surface area contributed by atoms with Crippen molar-refractivity contribution in [1.29, 1.82) is 0 Å². The van der Waals surface area contributed by atoms with Crippen molar-refractivity contribution in [2.24, 2.45) is 0 Å². The standard InChI is InChI=1S/C29H34ClN5O2/c1-22(36)34-16-13-26-25(21-34)29(23-9-11-24(30)12-10-23)31-35(26)15-6-5-14-32-17-19-33(20-18-32)27-7-3-4-8-28(27)37-2/h3-12H,13-21H2,1-2H3/b6-5+. The van der Waals surface area contributed by atoms with E-state index < -0.39 is 0 Å². The highest BCUT2D eigenvalue weighted by Crippen LogP contribution is 2.31. The number of carbonyl (C=O) groups is 1. The lowest BCUT2D eigenvalue weighted by molar-refractivity contribution is -0.129. The minimum atomic E-state index is 0.103. The molecule has 0 atom stereocenters. The van der Waals surface area contributed by atoms with E-state index in [9.17, 15) is 4.79 Å². The topological polar surface area (TPSA) is 53.8 Å². The maximum Gasteiger partial charge on any atom is 0.219 e. The van der Waals surface area contributed by atoms with Crippen LogP contribution in [0.2, 0.25) is 5.02 Å². The number of methoxy groups -OCH3 is 1. The van der Waals surface area contributed by atoms with Crippen LogP contribution in [0.5, 0.6) is 5.75 Å². The molecule has 1 saturated heterocycles. The van der Waals surface area contributed by atoms with Gasteiger partial charge in [0.2, 0.25) is 5.91 Å². The summed E-state index contributed by atoms with van der Waals surface area (Å²) in [5, 5.41) is 5.68. The fraction of sp³-hybridized carbons (Fsp3) is 0.379. The lowest BCUT2D eigenvalue weighted by atomic mass is 10.0. The van der Waals surface area contributed by atoms with Gasteiger partial charge in [-0.2, -0.15) is 5.10 Å². The maximum absolute atomic E-state index is 12.1. The van der Waals surface area contributed by atoms with Gasteiger partial charge in [0.05, 0.1) is 25.0 Å². The molecule has 2 aliphatic heterocycles. The number of fused-ring (bicyclic) bond motifs is 1. The summed E-state index contributed by atoms with van der Waals surface area (Å²) in [5.41, 5.74) is 5.51. The summed E-state index contributed by atoms with van der Waals surface area (Å²) in [6.45, 7) is 8.61. The molecule has 8 heteroatoms. The molecule has 7 nitrogen and oxygen atoms in total. The van der Waals surface area contributed by atoms with Crippen LogP contribution in [-0.4, -0.2) is 71.9 Å². The number of halogens is 1. The molecule has 0 spiro atoms. The smallest absolute Gasteiger partial charge is 0.219 e. The fourth-order valence-corrected chi connectivity index (χ4v) is 5.34. The van der Waals surface area contributed by atoms with Crippen LogP contribution in [0.15, 0.2) is 60.7 Å². The number of allylic oxidation sites excluding steroid dienone is 1. The number of aromatic nitrogens is 2. The molecule has 2 aliphatic rings. The predicted molar refractivity (Wildman–Crippen MR) is 148 cm³/mol. The Kier molecular flexibility index (Phi) is 7.82. The van der Waals surface area contributed by atoms with Gasteiger partial charge in [0.15, 0.2) is 0 Å². The van der Waals surface area contributed by atoms with Crippen molar-refractivity contribution in [3.63, 3.8) is 0 Å². The zero-order valence-corrected chi connectivity index (χ0v) is 22.3. The van der Waals surface area contributed by atoms with Gasteiger partial charge in [-0.3, -0.25) is 14.4 Å². The normalized spacial score (nSPS) is 16.3. The molecule has 0 aliphatic carbocycles. The zero-order chi connectivity index (χ0) is 25.8. The maximum atomic E-state index is 12.1. The van der Waals surface area contributed by atoms with Gasteiger partial charge in [0.25, 0.3) is 0 Å². The first-order valence-electron chi connectivity index (χ1n) is 12.9. The van der Waals surface area contributed by atoms with Crippen LogP contribution in [0.3, 0.4) is 0 Å². The number of piperazine rings is 1. The van der Waals surface area contributed by atoms with E-state index in [1.807, 2.05) is 41.3 Å². The Hall–Kier alpha value is -3.29. The molecule has 0 unspecified atom stereocenters. The van der Waals surface area contributed by atoms with Gasteiger partial charge in [-0.1, -0.05) is 48.0 Å². The van der Waals surface area contributed by atoms with Crippen LogP contribution in [0.1, 0.15) is 18.2 Å². The van der Waals surface area contributed by atoms with Crippen molar-refractivity contribution < 1.29 is 9.53 Å². The van der Waals surface area contributed by atoms with Crippen LogP contribution in [0, 0.1) is 0 Å². The van der Waals surface area contributed by atoms with Gasteiger partial charge in [-0.15, -0.1) is 0 Å². The van der Waals surface area contributed by atoms with Gasteiger partial charge in [0, 0.05) is 81.0 Å². The fourth-order valence-electron chi connectivity index (χ4n) is 5.21. The summed E-state index contributed by atoms with van der Waals surface area (Å²) in [4.78, 5) is 18.8. The van der Waals surface area contributed by atoms with E-state index in [0.717, 1.165) is 74.8 Å². The molecule has 2 aromatic carbocycles. The molecule has 37 heavy (non-hydrogen) atoms. The van der Waals surface area contributed by atoms with E-state index in [4.69, 9.17) is 21.4 Å². The number of ether oxygens (including phenoxy) is 1. The average molecular weight is 520 g/mol. The molecule has 3 aromatic rings. The number of para-hydroxylation sites is 2. The summed E-state index contributed by atoms with van der Waals surface area (Å²) in [6, 6.07) is 16.0. The van der Waals surface area contributed by atoms with Gasteiger partial charge < -0.3 is 14.5 Å². The van der Waals surface area contributed by atoms with Gasteiger partial charge in [-0.25, -0.2) is 0 Å². The molecule has 0 N–H and O–H groups in total. The van der Waals surface area contributed by atoms with Gasteiger partial charge in [-0.05, 0) is 24.3 Å². The summed E-state index contributed by atoms with van der Waals surface area (Å²) in [6.07, 6.45) is 5.27. The zero-order valence-electron chi connectivity index (χ0n) is 21.6. The largest absolute Gasteiger partial charge is 0.495 e. The van der Waals surface area contributed by atoms with E-state index in [1.165, 1.54) is 11.4 Å². The van der Waals surface area contributed by atoms with Crippen LogP contribution < -0.4 is 9.64 Å². The van der Waals surface area contributed by atoms with E-state index in [0.29, 0.717) is 11.6 Å². The SMILES string of the molecule is COc1ccccc1N1CCN(C/C=C/Cn2nc(-c3ccc(Cl)cc3)c3c2CCN(C(C)=O)C3)CC1. The second-order valence-electron chi connectivity index (χ2n) is 9.58. The first kappa shape index (κ1) is 25.4. The summed E-state index contributed by atoms with van der Waals surface area (Å²) in [7, 11) is 1.73. The summed E-state index contributed by atoms with van der Waals surface area (Å²) in [5.74, 6) is 1.04. The molecular weight excluding hydrogens is 486 g/mol. The number of hydrogen-bond acceptors (Lipinski definition) is 5. The minimum Gasteiger partial charge on any atom is -0.495 e. The van der Waals surface area contributed by atoms with Crippen molar-refractivity contribution in [1.82, 2.24) is 19.6 Å². The van der Waals surface area contributed by atoms with E-state index in [-0.39, 0.29) is 5.91 Å². The molecule has 3 heterocycles. The Bertz CT molecular complexity index is 1260. The van der Waals surface area contributed by atoms with Crippen molar-refractivity contribution in [2.45, 2.75) is 26.4 Å². The Labute approximate surface area is 223 Å². The Morgan fingerprint density at radius 1 is 1.00 bits per heavy atom. The number of benzene rings is 2. The molecule has 0 bridgehead atoms. The van der Waals surface area contributed by atoms with Crippen molar-refractivity contribution in [3.8, 4) is 17.0 Å². The Morgan fingerprint density at radius 2 is 1.73 bits per heavy atom. The van der Waals surface area contributed by atoms with Crippen molar-refractivity contribution in [2.75, 3.05) is 51.3 Å². The molecule has 1 aromatic heterocycles. The molecule has 0 saturated carbocycles. The van der Waals surface area contributed by atoms with Crippen molar-refractivity contribution in [3.05, 3.63) is 77.0 Å².